The van der Waals surface area contributed by atoms with Crippen molar-refractivity contribution < 1.29 is 19.4 Å². The van der Waals surface area contributed by atoms with Crippen molar-refractivity contribution in [3.05, 3.63) is 71.8 Å². The van der Waals surface area contributed by atoms with Gasteiger partial charge in [0.15, 0.2) is 5.78 Å². The molecule has 0 aliphatic rings. The molecule has 1 N–H and O–H groups in total. The minimum Gasteiger partial charge on any atom is -0.391 e. The predicted octanol–water partition coefficient (Wildman–Crippen LogP) is 4.30. The molecule has 2 aromatic carbocycles. The quantitative estimate of drug-likeness (QED) is 0.504. The summed E-state index contributed by atoms with van der Waals surface area (Å²) in [5.74, 6) is 0.137. The van der Waals surface area contributed by atoms with E-state index in [0.29, 0.717) is 32.7 Å². The van der Waals surface area contributed by atoms with Crippen LogP contribution >= 0.6 is 0 Å². The Labute approximate surface area is 162 Å². The van der Waals surface area contributed by atoms with Crippen molar-refractivity contribution in [3.63, 3.8) is 0 Å². The zero-order valence-corrected chi connectivity index (χ0v) is 15.9. The molecular weight excluding hydrogens is 340 g/mol. The van der Waals surface area contributed by atoms with Crippen molar-refractivity contribution in [2.24, 2.45) is 0 Å². The van der Waals surface area contributed by atoms with Gasteiger partial charge in [-0.1, -0.05) is 73.5 Å². The summed E-state index contributed by atoms with van der Waals surface area (Å²) < 4.78 is 11.0. The SMILES string of the molecule is O=C(CCCCC[C@H](O)COCc1ccccc1)COCc1ccccc1. The molecule has 146 valence electrons. The van der Waals surface area contributed by atoms with Crippen molar-refractivity contribution in [1.29, 1.82) is 0 Å². The molecule has 0 spiro atoms. The zero-order chi connectivity index (χ0) is 19.2. The van der Waals surface area contributed by atoms with E-state index in [2.05, 4.69) is 0 Å². The highest BCUT2D eigenvalue weighted by atomic mass is 16.5. The number of Topliss-reactive ketones (excluding diaryl/α,β-unsaturated/α-hetero) is 1. The van der Waals surface area contributed by atoms with Crippen LogP contribution in [0.1, 0.15) is 43.2 Å². The lowest BCUT2D eigenvalue weighted by atomic mass is 10.1. The molecule has 0 amide bonds. The minimum absolute atomic E-state index is 0.137. The van der Waals surface area contributed by atoms with Gasteiger partial charge in [0.05, 0.1) is 25.9 Å². The van der Waals surface area contributed by atoms with Crippen molar-refractivity contribution in [2.75, 3.05) is 13.2 Å². The smallest absolute Gasteiger partial charge is 0.158 e. The molecule has 0 fully saturated rings. The van der Waals surface area contributed by atoms with E-state index in [4.69, 9.17) is 9.47 Å². The Morgan fingerprint density at radius 2 is 1.41 bits per heavy atom. The van der Waals surface area contributed by atoms with Crippen molar-refractivity contribution in [2.45, 2.75) is 51.4 Å². The first-order valence-corrected chi connectivity index (χ1v) is 9.67. The second-order valence-electron chi connectivity index (χ2n) is 6.77. The molecule has 0 saturated heterocycles. The summed E-state index contributed by atoms with van der Waals surface area (Å²) in [6.45, 7) is 1.52. The van der Waals surface area contributed by atoms with Crippen LogP contribution in [0.15, 0.2) is 60.7 Å². The molecule has 4 nitrogen and oxygen atoms in total. The van der Waals surface area contributed by atoms with E-state index >= 15 is 0 Å². The van der Waals surface area contributed by atoms with Gasteiger partial charge in [-0.3, -0.25) is 4.79 Å². The average molecular weight is 370 g/mol. The highest BCUT2D eigenvalue weighted by Crippen LogP contribution is 2.08. The molecule has 0 unspecified atom stereocenters. The third-order valence-electron chi connectivity index (χ3n) is 4.29. The third-order valence-corrected chi connectivity index (χ3v) is 4.29. The molecule has 27 heavy (non-hydrogen) atoms. The average Bonchev–Trinajstić information content (AvgIpc) is 2.69. The lowest BCUT2D eigenvalue weighted by molar-refractivity contribution is -0.124. The molecule has 0 saturated carbocycles. The Bertz CT molecular complexity index is 627. The summed E-state index contributed by atoms with van der Waals surface area (Å²) in [6.07, 6.45) is 3.46. The van der Waals surface area contributed by atoms with Gasteiger partial charge in [-0.25, -0.2) is 0 Å². The van der Waals surface area contributed by atoms with Crippen LogP contribution in [0.25, 0.3) is 0 Å². The topological polar surface area (TPSA) is 55.8 Å². The summed E-state index contributed by atoms with van der Waals surface area (Å²) in [5, 5.41) is 9.95. The van der Waals surface area contributed by atoms with E-state index in [0.717, 1.165) is 30.4 Å². The fourth-order valence-electron chi connectivity index (χ4n) is 2.78. The first-order valence-electron chi connectivity index (χ1n) is 9.67. The van der Waals surface area contributed by atoms with Crippen LogP contribution in [0, 0.1) is 0 Å². The lowest BCUT2D eigenvalue weighted by Gasteiger charge is -2.11. The van der Waals surface area contributed by atoms with Crippen LogP contribution in [0.5, 0.6) is 0 Å². The largest absolute Gasteiger partial charge is 0.391 e. The van der Waals surface area contributed by atoms with E-state index in [1.807, 2.05) is 60.7 Å². The monoisotopic (exact) mass is 370 g/mol. The number of unbranched alkanes of at least 4 members (excludes halogenated alkanes) is 2. The highest BCUT2D eigenvalue weighted by Gasteiger charge is 2.06. The molecule has 0 aliphatic carbocycles. The molecule has 0 heterocycles. The lowest BCUT2D eigenvalue weighted by Crippen LogP contribution is -2.15. The standard InChI is InChI=1S/C23H30O4/c24-22(18-26-16-20-10-4-1-5-11-20)14-8-3-9-15-23(25)19-27-17-21-12-6-2-7-13-21/h1-2,4-7,10-13,22,24H,3,8-9,14-19H2/t22-/m0/s1. The van der Waals surface area contributed by atoms with E-state index in [1.54, 1.807) is 0 Å². The molecule has 0 aromatic heterocycles. The fourth-order valence-corrected chi connectivity index (χ4v) is 2.78. The van der Waals surface area contributed by atoms with Crippen LogP contribution in [0.4, 0.5) is 0 Å². The van der Waals surface area contributed by atoms with Gasteiger partial charge in [0, 0.05) is 6.42 Å². The van der Waals surface area contributed by atoms with E-state index < -0.39 is 6.10 Å². The maximum atomic E-state index is 11.8. The zero-order valence-electron chi connectivity index (χ0n) is 15.9. The van der Waals surface area contributed by atoms with Gasteiger partial charge in [0.1, 0.15) is 6.61 Å². The Balaban J connectivity index is 1.42. The van der Waals surface area contributed by atoms with Crippen molar-refractivity contribution in [3.8, 4) is 0 Å². The summed E-state index contributed by atoms with van der Waals surface area (Å²) in [6, 6.07) is 19.8. The molecule has 0 bridgehead atoms. The normalized spacial score (nSPS) is 12.0. The van der Waals surface area contributed by atoms with Crippen LogP contribution in [0.2, 0.25) is 0 Å². The maximum absolute atomic E-state index is 11.8. The van der Waals surface area contributed by atoms with Gasteiger partial charge in [0.25, 0.3) is 0 Å². The number of carbonyl (C=O) groups excluding carboxylic acids is 1. The van der Waals surface area contributed by atoms with Gasteiger partial charge < -0.3 is 14.6 Å². The summed E-state index contributed by atoms with van der Waals surface area (Å²) in [5.41, 5.74) is 2.19. The minimum atomic E-state index is -0.446. The number of hydrogen-bond donors (Lipinski definition) is 1. The fraction of sp³-hybridized carbons (Fsp3) is 0.435. The Kier molecular flexibility index (Phi) is 10.4. The number of benzene rings is 2. The molecular formula is C23H30O4. The summed E-state index contributed by atoms with van der Waals surface area (Å²) in [7, 11) is 0. The first kappa shape index (κ1) is 21.3. The summed E-state index contributed by atoms with van der Waals surface area (Å²) in [4.78, 5) is 11.8. The number of carbonyl (C=O) groups is 1. The van der Waals surface area contributed by atoms with Gasteiger partial charge in [-0.05, 0) is 24.0 Å². The molecule has 2 aromatic rings. The van der Waals surface area contributed by atoms with Gasteiger partial charge >= 0.3 is 0 Å². The van der Waals surface area contributed by atoms with E-state index in [9.17, 15) is 9.90 Å². The molecule has 1 atom stereocenters. The van der Waals surface area contributed by atoms with Crippen molar-refractivity contribution >= 4 is 5.78 Å². The van der Waals surface area contributed by atoms with E-state index in [1.165, 1.54) is 0 Å². The van der Waals surface area contributed by atoms with Crippen LogP contribution < -0.4 is 0 Å². The molecule has 0 radical (unpaired) electrons. The number of aliphatic hydroxyl groups excluding tert-OH is 1. The third kappa shape index (κ3) is 10.0. The molecule has 2 rings (SSSR count). The number of aliphatic hydroxyl groups is 1. The number of ether oxygens (including phenoxy) is 2. The van der Waals surface area contributed by atoms with Crippen LogP contribution in [-0.4, -0.2) is 30.2 Å². The highest BCUT2D eigenvalue weighted by molar-refractivity contribution is 5.79. The second-order valence-corrected chi connectivity index (χ2v) is 6.77. The maximum Gasteiger partial charge on any atom is 0.158 e. The molecule has 0 aliphatic heterocycles. The van der Waals surface area contributed by atoms with Gasteiger partial charge in [-0.15, -0.1) is 0 Å². The van der Waals surface area contributed by atoms with E-state index in [-0.39, 0.29) is 12.4 Å². The number of rotatable bonds is 14. The Hall–Kier alpha value is -2.01. The Morgan fingerprint density at radius 1 is 0.815 bits per heavy atom. The van der Waals surface area contributed by atoms with Gasteiger partial charge in [-0.2, -0.15) is 0 Å². The van der Waals surface area contributed by atoms with Crippen LogP contribution in [0.3, 0.4) is 0 Å². The van der Waals surface area contributed by atoms with Crippen LogP contribution in [-0.2, 0) is 27.5 Å². The van der Waals surface area contributed by atoms with Crippen molar-refractivity contribution in [1.82, 2.24) is 0 Å². The Morgan fingerprint density at radius 3 is 2.04 bits per heavy atom. The predicted molar refractivity (Wildman–Crippen MR) is 106 cm³/mol. The number of ketones is 1. The van der Waals surface area contributed by atoms with Gasteiger partial charge in [0.2, 0.25) is 0 Å². The molecule has 4 heteroatoms. The first-order chi connectivity index (χ1) is 13.2. The summed E-state index contributed by atoms with van der Waals surface area (Å²) >= 11 is 0. The number of hydrogen-bond acceptors (Lipinski definition) is 4. The second kappa shape index (κ2) is 13.2.